The number of anilines is 1. The van der Waals surface area contributed by atoms with Crippen LogP contribution in [0.5, 0.6) is 5.75 Å². The van der Waals surface area contributed by atoms with Crippen molar-refractivity contribution >= 4 is 17.7 Å². The van der Waals surface area contributed by atoms with Gasteiger partial charge >= 0.3 is 12.1 Å². The molecule has 0 saturated carbocycles. The van der Waals surface area contributed by atoms with E-state index in [0.29, 0.717) is 19.8 Å². The molecule has 0 bridgehead atoms. The van der Waals surface area contributed by atoms with Gasteiger partial charge in [-0.25, -0.2) is 9.59 Å². The van der Waals surface area contributed by atoms with Gasteiger partial charge in [-0.3, -0.25) is 0 Å². The van der Waals surface area contributed by atoms with Crippen LogP contribution in [0.3, 0.4) is 0 Å². The third-order valence-electron chi connectivity index (χ3n) is 2.39. The average molecular weight is 282 g/mol. The van der Waals surface area contributed by atoms with Gasteiger partial charge in [0.2, 0.25) is 0 Å². The minimum atomic E-state index is -0.668. The molecule has 0 aliphatic heterocycles. The van der Waals surface area contributed by atoms with Crippen LogP contribution in [-0.2, 0) is 9.47 Å². The molecule has 0 aromatic heterocycles. The van der Waals surface area contributed by atoms with Crippen molar-refractivity contribution in [2.75, 3.05) is 32.6 Å². The molecule has 0 radical (unpaired) electrons. The van der Waals surface area contributed by atoms with E-state index in [1.54, 1.807) is 6.07 Å². The van der Waals surface area contributed by atoms with E-state index in [-0.39, 0.29) is 17.0 Å². The van der Waals surface area contributed by atoms with Gasteiger partial charge < -0.3 is 25.3 Å². The average Bonchev–Trinajstić information content (AvgIpc) is 2.45. The van der Waals surface area contributed by atoms with Crippen molar-refractivity contribution in [2.45, 2.75) is 6.92 Å². The summed E-state index contributed by atoms with van der Waals surface area (Å²) in [6.07, 6.45) is -0.668. The van der Waals surface area contributed by atoms with Crippen LogP contribution >= 0.6 is 0 Å². The van der Waals surface area contributed by atoms with E-state index in [0.717, 1.165) is 0 Å². The number of nitrogens with one attached hydrogen (secondary N) is 1. The lowest BCUT2D eigenvalue weighted by atomic mass is 10.1. The molecule has 1 amide bonds. The van der Waals surface area contributed by atoms with Crippen molar-refractivity contribution in [3.8, 4) is 5.75 Å². The van der Waals surface area contributed by atoms with Gasteiger partial charge in [0.1, 0.15) is 0 Å². The largest absolute Gasteiger partial charge is 0.465 e. The Morgan fingerprint density at radius 2 is 2.10 bits per heavy atom. The van der Waals surface area contributed by atoms with Gasteiger partial charge in [-0.15, -0.1) is 0 Å². The van der Waals surface area contributed by atoms with E-state index in [1.807, 2.05) is 6.92 Å². The van der Waals surface area contributed by atoms with E-state index in [1.165, 1.54) is 19.2 Å². The molecule has 1 rings (SSSR count). The number of rotatable bonds is 6. The fraction of sp³-hybridized carbons (Fsp3) is 0.385. The number of carbonyl (C=O) groups is 2. The summed E-state index contributed by atoms with van der Waals surface area (Å²) in [6, 6.07) is 4.52. The van der Waals surface area contributed by atoms with E-state index < -0.39 is 12.1 Å². The zero-order valence-electron chi connectivity index (χ0n) is 11.5. The maximum atomic E-state index is 11.5. The summed E-state index contributed by atoms with van der Waals surface area (Å²) < 4.78 is 14.7. The van der Waals surface area contributed by atoms with E-state index in [2.05, 4.69) is 10.1 Å². The van der Waals surface area contributed by atoms with E-state index >= 15 is 0 Å². The first kappa shape index (κ1) is 15.8. The summed E-state index contributed by atoms with van der Waals surface area (Å²) in [5.74, 6) is -0.494. The third-order valence-corrected chi connectivity index (χ3v) is 2.39. The van der Waals surface area contributed by atoms with Crippen LogP contribution in [0.4, 0.5) is 10.5 Å². The highest BCUT2D eigenvalue weighted by Gasteiger charge is 2.15. The Balaban J connectivity index is 2.64. The number of hydrogen-bond donors (Lipinski definition) is 2. The summed E-state index contributed by atoms with van der Waals surface area (Å²) in [4.78, 5) is 23.0. The zero-order valence-corrected chi connectivity index (χ0v) is 11.5. The summed E-state index contributed by atoms with van der Waals surface area (Å²) in [5.41, 5.74) is 5.95. The lowest BCUT2D eigenvalue weighted by Gasteiger charge is -2.10. The van der Waals surface area contributed by atoms with Crippen LogP contribution in [-0.4, -0.2) is 38.9 Å². The van der Waals surface area contributed by atoms with Crippen LogP contribution in [0.15, 0.2) is 18.2 Å². The second-order valence-electron chi connectivity index (χ2n) is 3.72. The maximum absolute atomic E-state index is 11.5. The molecule has 7 heteroatoms. The lowest BCUT2D eigenvalue weighted by molar-refractivity contribution is 0.0601. The first-order valence-corrected chi connectivity index (χ1v) is 6.10. The highest BCUT2D eigenvalue weighted by Crippen LogP contribution is 2.25. The summed E-state index contributed by atoms with van der Waals surface area (Å²) >= 11 is 0. The summed E-state index contributed by atoms with van der Waals surface area (Å²) in [5, 5.41) is 2.50. The molecule has 0 fully saturated rings. The number of methoxy groups -OCH3 is 1. The van der Waals surface area contributed by atoms with E-state index in [4.69, 9.17) is 15.2 Å². The third kappa shape index (κ3) is 4.43. The zero-order chi connectivity index (χ0) is 15.0. The minimum Gasteiger partial charge on any atom is -0.465 e. The number of esters is 1. The Morgan fingerprint density at radius 3 is 2.75 bits per heavy atom. The molecule has 110 valence electrons. The molecule has 0 aliphatic carbocycles. The Morgan fingerprint density at radius 1 is 1.35 bits per heavy atom. The Bertz CT molecular complexity index is 476. The Kier molecular flexibility index (Phi) is 6.31. The normalized spacial score (nSPS) is 9.90. The Labute approximate surface area is 117 Å². The van der Waals surface area contributed by atoms with Crippen LogP contribution in [0.2, 0.25) is 0 Å². The fourth-order valence-electron chi connectivity index (χ4n) is 1.43. The first-order chi connectivity index (χ1) is 9.60. The molecule has 0 saturated heterocycles. The standard InChI is InChI=1S/C13H18N2O5/c1-3-19-8-7-15-13(17)20-10-6-4-5-9(11(10)14)12(16)18-2/h4-6H,3,7-8,14H2,1-2H3,(H,15,17). The van der Waals surface area contributed by atoms with Gasteiger partial charge in [0, 0.05) is 13.2 Å². The van der Waals surface area contributed by atoms with Crippen molar-refractivity contribution in [1.29, 1.82) is 0 Å². The van der Waals surface area contributed by atoms with E-state index in [9.17, 15) is 9.59 Å². The topological polar surface area (TPSA) is 99.9 Å². The molecule has 0 aliphatic rings. The molecule has 0 heterocycles. The van der Waals surface area contributed by atoms with Gasteiger partial charge in [0.15, 0.2) is 5.75 Å². The minimum absolute atomic E-state index is 0.0549. The first-order valence-electron chi connectivity index (χ1n) is 6.10. The summed E-state index contributed by atoms with van der Waals surface area (Å²) in [7, 11) is 1.25. The maximum Gasteiger partial charge on any atom is 0.412 e. The molecular weight excluding hydrogens is 264 g/mol. The monoisotopic (exact) mass is 282 g/mol. The van der Waals surface area contributed by atoms with Gasteiger partial charge in [0.25, 0.3) is 0 Å². The van der Waals surface area contributed by atoms with Crippen LogP contribution < -0.4 is 15.8 Å². The number of benzene rings is 1. The predicted octanol–water partition coefficient (Wildman–Crippen LogP) is 1.18. The number of carbonyl (C=O) groups excluding carboxylic acids is 2. The predicted molar refractivity (Wildman–Crippen MR) is 72.7 cm³/mol. The van der Waals surface area contributed by atoms with Gasteiger partial charge in [-0.1, -0.05) is 6.07 Å². The second kappa shape index (κ2) is 8.00. The van der Waals surface area contributed by atoms with Crippen molar-refractivity contribution in [3.05, 3.63) is 23.8 Å². The highest BCUT2D eigenvalue weighted by atomic mass is 16.6. The highest BCUT2D eigenvalue weighted by molar-refractivity contribution is 5.96. The number of nitrogen functional groups attached to an aromatic ring is 1. The second-order valence-corrected chi connectivity index (χ2v) is 3.72. The van der Waals surface area contributed by atoms with Gasteiger partial charge in [-0.05, 0) is 19.1 Å². The molecule has 1 aromatic carbocycles. The number of amides is 1. The molecule has 0 spiro atoms. The van der Waals surface area contributed by atoms with Crippen molar-refractivity contribution in [3.63, 3.8) is 0 Å². The van der Waals surface area contributed by atoms with Crippen LogP contribution in [0, 0.1) is 0 Å². The van der Waals surface area contributed by atoms with Crippen molar-refractivity contribution in [2.24, 2.45) is 0 Å². The molecule has 20 heavy (non-hydrogen) atoms. The number of nitrogens with two attached hydrogens (primary N) is 1. The number of ether oxygens (including phenoxy) is 3. The van der Waals surface area contributed by atoms with Gasteiger partial charge in [-0.2, -0.15) is 0 Å². The fourth-order valence-corrected chi connectivity index (χ4v) is 1.43. The van der Waals surface area contributed by atoms with Gasteiger partial charge in [0.05, 0.1) is 25.0 Å². The molecule has 1 aromatic rings. The quantitative estimate of drug-likeness (QED) is 0.461. The number of hydrogen-bond acceptors (Lipinski definition) is 6. The molecular formula is C13H18N2O5. The smallest absolute Gasteiger partial charge is 0.412 e. The summed E-state index contributed by atoms with van der Waals surface area (Å²) in [6.45, 7) is 3.15. The number of para-hydroxylation sites is 1. The van der Waals surface area contributed by atoms with Crippen LogP contribution in [0.1, 0.15) is 17.3 Å². The Hall–Kier alpha value is -2.28. The molecule has 0 atom stereocenters. The molecule has 3 N–H and O–H groups in total. The van der Waals surface area contributed by atoms with Crippen LogP contribution in [0.25, 0.3) is 0 Å². The molecule has 7 nitrogen and oxygen atoms in total. The van der Waals surface area contributed by atoms with Crippen molar-refractivity contribution < 1.29 is 23.8 Å². The lowest BCUT2D eigenvalue weighted by Crippen LogP contribution is -2.30. The SMILES string of the molecule is CCOCCNC(=O)Oc1cccc(C(=O)OC)c1N. The molecule has 0 unspecified atom stereocenters. The van der Waals surface area contributed by atoms with Crippen molar-refractivity contribution in [1.82, 2.24) is 5.32 Å².